The van der Waals surface area contributed by atoms with Crippen LogP contribution in [0, 0.1) is 10.5 Å². The molecule has 1 aromatic heterocycles. The molecule has 0 aliphatic carbocycles. The van der Waals surface area contributed by atoms with E-state index in [2.05, 4.69) is 38.2 Å². The predicted octanol–water partition coefficient (Wildman–Crippen LogP) is 4.44. The molecule has 1 aromatic carbocycles. The quantitative estimate of drug-likeness (QED) is 0.487. The third kappa shape index (κ3) is 4.69. The Morgan fingerprint density at radius 1 is 1.33 bits per heavy atom. The van der Waals surface area contributed by atoms with Gasteiger partial charge in [0.15, 0.2) is 5.11 Å². The summed E-state index contributed by atoms with van der Waals surface area (Å²) in [7, 11) is 1.42. The first kappa shape index (κ1) is 19.2. The van der Waals surface area contributed by atoms with E-state index in [0.717, 1.165) is 9.13 Å². The predicted molar refractivity (Wildman–Crippen MR) is 108 cm³/mol. The van der Waals surface area contributed by atoms with Gasteiger partial charge >= 0.3 is 0 Å². The van der Waals surface area contributed by atoms with Crippen molar-refractivity contribution in [1.82, 2.24) is 10.3 Å². The molecule has 0 bridgehead atoms. The van der Waals surface area contributed by atoms with E-state index in [4.69, 9.17) is 40.2 Å². The molecule has 0 spiro atoms. The van der Waals surface area contributed by atoms with Crippen LogP contribution in [0.1, 0.15) is 15.9 Å². The van der Waals surface area contributed by atoms with Gasteiger partial charge < -0.3 is 10.1 Å². The monoisotopic (exact) mass is 495 g/mol. The molecule has 0 fully saturated rings. The minimum Gasteiger partial charge on any atom is -0.494 e. The zero-order valence-corrected chi connectivity index (χ0v) is 17.1. The van der Waals surface area contributed by atoms with Crippen LogP contribution in [0.5, 0.6) is 5.75 Å². The highest BCUT2D eigenvalue weighted by atomic mass is 127. The summed E-state index contributed by atoms with van der Waals surface area (Å²) in [6.07, 6.45) is 1.69. The van der Waals surface area contributed by atoms with Crippen molar-refractivity contribution < 1.29 is 9.53 Å². The Morgan fingerprint density at radius 3 is 2.67 bits per heavy atom. The number of anilines is 1. The third-order valence-corrected chi connectivity index (χ3v) is 4.25. The maximum atomic E-state index is 12.4. The highest BCUT2D eigenvalue weighted by Crippen LogP contribution is 2.32. The van der Waals surface area contributed by atoms with Gasteiger partial charge in [-0.05, 0) is 65.5 Å². The van der Waals surface area contributed by atoms with Crippen molar-refractivity contribution >= 4 is 74.8 Å². The molecule has 1 amide bonds. The molecule has 1 heterocycles. The summed E-state index contributed by atoms with van der Waals surface area (Å²) in [5.74, 6) is 0.304. The number of rotatable bonds is 3. The Balaban J connectivity index is 2.16. The number of methoxy groups -OCH3 is 1. The number of nitrogens with one attached hydrogen (secondary N) is 2. The van der Waals surface area contributed by atoms with Crippen molar-refractivity contribution in [1.29, 1.82) is 0 Å². The number of benzene rings is 1. The van der Waals surface area contributed by atoms with Crippen LogP contribution in [0.3, 0.4) is 0 Å². The molecular weight excluding hydrogens is 484 g/mol. The Bertz CT molecular complexity index is 818. The number of amides is 1. The zero-order valence-electron chi connectivity index (χ0n) is 12.6. The Kier molecular flexibility index (Phi) is 6.62. The van der Waals surface area contributed by atoms with E-state index in [1.165, 1.54) is 19.2 Å². The van der Waals surface area contributed by atoms with E-state index >= 15 is 0 Å². The maximum Gasteiger partial charge on any atom is 0.261 e. The van der Waals surface area contributed by atoms with Crippen LogP contribution in [0.25, 0.3) is 0 Å². The summed E-state index contributed by atoms with van der Waals surface area (Å²) in [6.45, 7) is 1.89. The standard InChI is InChI=1S/C15H12Cl2IN3O2S/c1-7-3-9(18)6-19-13(7)20-15(24)21-14(22)10-4-8(16)5-11(17)12(10)23-2/h3-6H,1-2H3,(H2,19,20,21,22,24). The first-order chi connectivity index (χ1) is 11.3. The van der Waals surface area contributed by atoms with Crippen molar-refractivity contribution in [2.75, 3.05) is 12.4 Å². The van der Waals surface area contributed by atoms with Crippen molar-refractivity contribution in [2.45, 2.75) is 6.92 Å². The van der Waals surface area contributed by atoms with E-state index in [9.17, 15) is 4.79 Å². The van der Waals surface area contributed by atoms with Crippen molar-refractivity contribution in [3.63, 3.8) is 0 Å². The number of pyridine rings is 1. The molecular formula is C15H12Cl2IN3O2S. The van der Waals surface area contributed by atoms with Gasteiger partial charge in [-0.3, -0.25) is 10.1 Å². The van der Waals surface area contributed by atoms with Gasteiger partial charge in [0, 0.05) is 14.8 Å². The number of hydrogen-bond donors (Lipinski definition) is 2. The van der Waals surface area contributed by atoms with Crippen molar-refractivity contribution in [3.05, 3.63) is 49.1 Å². The molecule has 2 N–H and O–H groups in total. The average Bonchev–Trinajstić information content (AvgIpc) is 2.49. The van der Waals surface area contributed by atoms with Crippen LogP contribution in [0.2, 0.25) is 10.0 Å². The number of hydrogen-bond acceptors (Lipinski definition) is 4. The molecule has 126 valence electrons. The normalized spacial score (nSPS) is 10.2. The second-order valence-corrected chi connectivity index (χ2v) is 7.19. The Morgan fingerprint density at radius 2 is 2.04 bits per heavy atom. The molecule has 9 heteroatoms. The summed E-state index contributed by atoms with van der Waals surface area (Å²) < 4.78 is 6.16. The summed E-state index contributed by atoms with van der Waals surface area (Å²) in [5, 5.41) is 6.11. The van der Waals surface area contributed by atoms with E-state index in [1.807, 2.05) is 13.0 Å². The fourth-order valence-electron chi connectivity index (χ4n) is 1.92. The SMILES string of the molecule is COc1c(Cl)cc(Cl)cc1C(=O)NC(=S)Nc1ncc(I)cc1C. The summed E-state index contributed by atoms with van der Waals surface area (Å²) in [5.41, 5.74) is 1.09. The van der Waals surface area contributed by atoms with Crippen LogP contribution >= 0.6 is 58.0 Å². The van der Waals surface area contributed by atoms with E-state index in [0.29, 0.717) is 10.8 Å². The number of carbonyl (C=O) groups is 1. The second kappa shape index (κ2) is 8.28. The van der Waals surface area contributed by atoms with Crippen LogP contribution < -0.4 is 15.4 Å². The molecule has 0 radical (unpaired) electrons. The Hall–Kier alpha value is -1.16. The largest absolute Gasteiger partial charge is 0.494 e. The topological polar surface area (TPSA) is 63.2 Å². The van der Waals surface area contributed by atoms with Crippen LogP contribution in [-0.2, 0) is 0 Å². The van der Waals surface area contributed by atoms with Crippen molar-refractivity contribution in [3.8, 4) is 5.75 Å². The fourth-order valence-corrected chi connectivity index (χ4v) is 3.28. The molecule has 0 unspecified atom stereocenters. The number of aryl methyl sites for hydroxylation is 1. The zero-order chi connectivity index (χ0) is 17.9. The highest BCUT2D eigenvalue weighted by molar-refractivity contribution is 14.1. The molecule has 5 nitrogen and oxygen atoms in total. The van der Waals surface area contributed by atoms with Crippen LogP contribution in [-0.4, -0.2) is 23.1 Å². The highest BCUT2D eigenvalue weighted by Gasteiger charge is 2.18. The summed E-state index contributed by atoms with van der Waals surface area (Å²) >= 11 is 19.3. The molecule has 0 saturated carbocycles. The van der Waals surface area contributed by atoms with Gasteiger partial charge in [-0.15, -0.1) is 0 Å². The third-order valence-electron chi connectivity index (χ3n) is 2.96. The fraction of sp³-hybridized carbons (Fsp3) is 0.133. The molecule has 0 saturated heterocycles. The van der Waals surface area contributed by atoms with Gasteiger partial charge in [0.25, 0.3) is 5.91 Å². The van der Waals surface area contributed by atoms with E-state index < -0.39 is 5.91 Å². The van der Waals surface area contributed by atoms with Gasteiger partial charge in [0.05, 0.1) is 17.7 Å². The van der Waals surface area contributed by atoms with Crippen molar-refractivity contribution in [2.24, 2.45) is 0 Å². The lowest BCUT2D eigenvalue weighted by Crippen LogP contribution is -2.34. The van der Waals surface area contributed by atoms with Gasteiger partial charge in [0.2, 0.25) is 0 Å². The van der Waals surface area contributed by atoms with E-state index in [-0.39, 0.29) is 21.4 Å². The lowest BCUT2D eigenvalue weighted by atomic mass is 10.2. The average molecular weight is 496 g/mol. The minimum atomic E-state index is -0.489. The second-order valence-electron chi connectivity index (χ2n) is 4.70. The van der Waals surface area contributed by atoms with E-state index in [1.54, 1.807) is 6.20 Å². The molecule has 24 heavy (non-hydrogen) atoms. The number of halogens is 3. The number of thiocarbonyl (C=S) groups is 1. The lowest BCUT2D eigenvalue weighted by molar-refractivity contribution is 0.0975. The van der Waals surface area contributed by atoms with Crippen LogP contribution in [0.4, 0.5) is 5.82 Å². The molecule has 0 aliphatic heterocycles. The summed E-state index contributed by atoms with van der Waals surface area (Å²) in [4.78, 5) is 16.6. The van der Waals surface area contributed by atoms with Gasteiger partial charge in [-0.25, -0.2) is 4.98 Å². The Labute approximate surface area is 168 Å². The molecule has 2 rings (SSSR count). The minimum absolute atomic E-state index is 0.106. The van der Waals surface area contributed by atoms with Gasteiger partial charge in [-0.1, -0.05) is 23.2 Å². The van der Waals surface area contributed by atoms with Gasteiger partial charge in [-0.2, -0.15) is 0 Å². The summed E-state index contributed by atoms with van der Waals surface area (Å²) in [6, 6.07) is 4.90. The number of nitrogens with zero attached hydrogens (tertiary/aromatic N) is 1. The first-order valence-corrected chi connectivity index (χ1v) is 8.83. The lowest BCUT2D eigenvalue weighted by Gasteiger charge is -2.13. The maximum absolute atomic E-state index is 12.4. The molecule has 0 aliphatic rings. The molecule has 2 aromatic rings. The first-order valence-electron chi connectivity index (χ1n) is 6.59. The number of ether oxygens (including phenoxy) is 1. The van der Waals surface area contributed by atoms with Gasteiger partial charge in [0.1, 0.15) is 11.6 Å². The number of carbonyl (C=O) groups excluding carboxylic acids is 1. The smallest absolute Gasteiger partial charge is 0.261 e. The number of aromatic nitrogens is 1. The molecule has 0 atom stereocenters. The van der Waals surface area contributed by atoms with Crippen LogP contribution in [0.15, 0.2) is 24.4 Å².